The second-order valence-electron chi connectivity index (χ2n) is 3.96. The summed E-state index contributed by atoms with van der Waals surface area (Å²) in [7, 11) is 0. The number of hydrogen-bond donors (Lipinski definition) is 0. The van der Waals surface area contributed by atoms with Crippen LogP contribution < -0.4 is 0 Å². The van der Waals surface area contributed by atoms with Crippen LogP contribution in [-0.2, 0) is 10.3 Å². The average molecular weight is 206 g/mol. The van der Waals surface area contributed by atoms with Gasteiger partial charge in [-0.15, -0.1) is 0 Å². The third kappa shape index (κ3) is 2.04. The van der Waals surface area contributed by atoms with Crippen LogP contribution >= 0.6 is 0 Å². The standard InChI is InChI=1S/C11H14N2O2/c1-11(5-2-3-7-15-11)10-12-6-4-9(8-14)13-10/h4,6,8H,2-3,5,7H2,1H3. The second-order valence-corrected chi connectivity index (χ2v) is 3.96. The molecular formula is C11H14N2O2. The van der Waals surface area contributed by atoms with E-state index in [0.717, 1.165) is 32.2 Å². The van der Waals surface area contributed by atoms with E-state index in [1.165, 1.54) is 0 Å². The topological polar surface area (TPSA) is 52.1 Å². The first-order valence-electron chi connectivity index (χ1n) is 5.17. The first-order chi connectivity index (χ1) is 7.24. The van der Waals surface area contributed by atoms with Crippen LogP contribution in [0.15, 0.2) is 12.3 Å². The third-order valence-electron chi connectivity index (χ3n) is 2.74. The molecule has 4 nitrogen and oxygen atoms in total. The maximum atomic E-state index is 10.6. The van der Waals surface area contributed by atoms with Gasteiger partial charge in [-0.1, -0.05) is 0 Å². The van der Waals surface area contributed by atoms with E-state index >= 15 is 0 Å². The smallest absolute Gasteiger partial charge is 0.168 e. The van der Waals surface area contributed by atoms with Crippen LogP contribution in [0.3, 0.4) is 0 Å². The van der Waals surface area contributed by atoms with Gasteiger partial charge in [-0.2, -0.15) is 0 Å². The van der Waals surface area contributed by atoms with Gasteiger partial charge >= 0.3 is 0 Å². The Kier molecular flexibility index (Phi) is 2.77. The van der Waals surface area contributed by atoms with E-state index in [1.807, 2.05) is 6.92 Å². The Morgan fingerprint density at radius 3 is 3.07 bits per heavy atom. The number of ether oxygens (including phenoxy) is 1. The SMILES string of the molecule is CC1(c2nccc(C=O)n2)CCCCO1. The van der Waals surface area contributed by atoms with Gasteiger partial charge in [0.05, 0.1) is 0 Å². The van der Waals surface area contributed by atoms with E-state index in [4.69, 9.17) is 4.74 Å². The minimum absolute atomic E-state index is 0.412. The van der Waals surface area contributed by atoms with Crippen LogP contribution in [0.4, 0.5) is 0 Å². The Hall–Kier alpha value is -1.29. The molecule has 0 bridgehead atoms. The molecule has 2 rings (SSSR count). The number of aromatic nitrogens is 2. The van der Waals surface area contributed by atoms with E-state index in [1.54, 1.807) is 12.3 Å². The monoisotopic (exact) mass is 206 g/mol. The fraction of sp³-hybridized carbons (Fsp3) is 0.545. The molecule has 1 saturated heterocycles. The molecule has 1 aromatic rings. The van der Waals surface area contributed by atoms with Gasteiger partial charge in [-0.3, -0.25) is 4.79 Å². The van der Waals surface area contributed by atoms with Crippen molar-refractivity contribution in [1.82, 2.24) is 9.97 Å². The van der Waals surface area contributed by atoms with Crippen molar-refractivity contribution in [2.45, 2.75) is 31.8 Å². The summed E-state index contributed by atoms with van der Waals surface area (Å²) in [6.45, 7) is 2.72. The highest BCUT2D eigenvalue weighted by molar-refractivity contribution is 5.71. The highest BCUT2D eigenvalue weighted by Gasteiger charge is 2.32. The lowest BCUT2D eigenvalue weighted by molar-refractivity contribution is -0.0761. The van der Waals surface area contributed by atoms with Gasteiger partial charge in [0.1, 0.15) is 11.3 Å². The molecule has 1 fully saturated rings. The minimum Gasteiger partial charge on any atom is -0.367 e. The van der Waals surface area contributed by atoms with Gasteiger partial charge < -0.3 is 4.74 Å². The van der Waals surface area contributed by atoms with E-state index < -0.39 is 5.60 Å². The Bertz CT molecular complexity index is 359. The third-order valence-corrected chi connectivity index (χ3v) is 2.74. The van der Waals surface area contributed by atoms with Crippen molar-refractivity contribution in [3.05, 3.63) is 23.8 Å². The fourth-order valence-electron chi connectivity index (χ4n) is 1.80. The number of rotatable bonds is 2. The summed E-state index contributed by atoms with van der Waals surface area (Å²) in [4.78, 5) is 19.0. The van der Waals surface area contributed by atoms with Crippen molar-refractivity contribution >= 4 is 6.29 Å². The second kappa shape index (κ2) is 4.06. The molecule has 15 heavy (non-hydrogen) atoms. The van der Waals surface area contributed by atoms with Gasteiger partial charge in [0, 0.05) is 12.8 Å². The predicted octanol–water partition coefficient (Wildman–Crippen LogP) is 1.70. The van der Waals surface area contributed by atoms with Crippen LogP contribution in [0, 0.1) is 0 Å². The van der Waals surface area contributed by atoms with Crippen LogP contribution in [0.5, 0.6) is 0 Å². The van der Waals surface area contributed by atoms with Gasteiger partial charge in [0.15, 0.2) is 12.1 Å². The van der Waals surface area contributed by atoms with Crippen LogP contribution in [0.1, 0.15) is 42.5 Å². The summed E-state index contributed by atoms with van der Waals surface area (Å²) < 4.78 is 5.71. The zero-order chi connectivity index (χ0) is 10.7. The zero-order valence-electron chi connectivity index (χ0n) is 8.77. The first-order valence-corrected chi connectivity index (χ1v) is 5.17. The highest BCUT2D eigenvalue weighted by Crippen LogP contribution is 2.32. The maximum absolute atomic E-state index is 10.6. The summed E-state index contributed by atoms with van der Waals surface area (Å²) in [5.74, 6) is 0.617. The van der Waals surface area contributed by atoms with E-state index in [0.29, 0.717) is 11.5 Å². The molecule has 1 aliphatic heterocycles. The lowest BCUT2D eigenvalue weighted by Gasteiger charge is -2.32. The summed E-state index contributed by atoms with van der Waals surface area (Å²) in [5, 5.41) is 0. The molecule has 4 heteroatoms. The summed E-state index contributed by atoms with van der Waals surface area (Å²) in [6.07, 6.45) is 5.45. The molecule has 1 aromatic heterocycles. The normalized spacial score (nSPS) is 26.2. The molecule has 0 spiro atoms. The molecule has 1 unspecified atom stereocenters. The molecule has 1 atom stereocenters. The summed E-state index contributed by atoms with van der Waals surface area (Å²) in [5.41, 5.74) is -0.00697. The Labute approximate surface area is 88.7 Å². The molecule has 1 aliphatic rings. The molecule has 0 aliphatic carbocycles. The van der Waals surface area contributed by atoms with Crippen molar-refractivity contribution in [2.24, 2.45) is 0 Å². The summed E-state index contributed by atoms with van der Waals surface area (Å²) >= 11 is 0. The van der Waals surface area contributed by atoms with Crippen molar-refractivity contribution in [1.29, 1.82) is 0 Å². The first kappa shape index (κ1) is 10.2. The minimum atomic E-state index is -0.419. The van der Waals surface area contributed by atoms with Crippen LogP contribution in [0.2, 0.25) is 0 Å². The quantitative estimate of drug-likeness (QED) is 0.691. The van der Waals surface area contributed by atoms with Crippen molar-refractivity contribution in [3.63, 3.8) is 0 Å². The average Bonchev–Trinajstić information content (AvgIpc) is 2.30. The van der Waals surface area contributed by atoms with Gasteiger partial charge in [0.2, 0.25) is 0 Å². The molecular weight excluding hydrogens is 192 g/mol. The Balaban J connectivity index is 2.30. The van der Waals surface area contributed by atoms with Crippen molar-refractivity contribution < 1.29 is 9.53 Å². The molecule has 0 N–H and O–H groups in total. The largest absolute Gasteiger partial charge is 0.367 e. The van der Waals surface area contributed by atoms with E-state index in [-0.39, 0.29) is 0 Å². The fourth-order valence-corrected chi connectivity index (χ4v) is 1.80. The van der Waals surface area contributed by atoms with Gasteiger partial charge in [-0.25, -0.2) is 9.97 Å². The Morgan fingerprint density at radius 2 is 2.40 bits per heavy atom. The summed E-state index contributed by atoms with van der Waals surface area (Å²) in [6, 6.07) is 1.60. The lowest BCUT2D eigenvalue weighted by atomic mass is 9.95. The number of aldehydes is 1. The maximum Gasteiger partial charge on any atom is 0.168 e. The van der Waals surface area contributed by atoms with Gasteiger partial charge in [-0.05, 0) is 32.3 Å². The Morgan fingerprint density at radius 1 is 1.53 bits per heavy atom. The number of carbonyl (C=O) groups is 1. The number of carbonyl (C=O) groups excluding carboxylic acids is 1. The zero-order valence-corrected chi connectivity index (χ0v) is 8.77. The molecule has 0 amide bonds. The van der Waals surface area contributed by atoms with E-state index in [9.17, 15) is 4.79 Å². The number of hydrogen-bond acceptors (Lipinski definition) is 4. The van der Waals surface area contributed by atoms with Gasteiger partial charge in [0.25, 0.3) is 0 Å². The van der Waals surface area contributed by atoms with Crippen LogP contribution in [0.25, 0.3) is 0 Å². The highest BCUT2D eigenvalue weighted by atomic mass is 16.5. The number of nitrogens with zero attached hydrogens (tertiary/aromatic N) is 2. The molecule has 80 valence electrons. The lowest BCUT2D eigenvalue weighted by Crippen LogP contribution is -2.32. The van der Waals surface area contributed by atoms with Crippen molar-refractivity contribution in [2.75, 3.05) is 6.61 Å². The van der Waals surface area contributed by atoms with Crippen LogP contribution in [-0.4, -0.2) is 22.9 Å². The van der Waals surface area contributed by atoms with E-state index in [2.05, 4.69) is 9.97 Å². The molecule has 2 heterocycles. The molecule has 0 aromatic carbocycles. The molecule has 0 radical (unpaired) electrons. The predicted molar refractivity (Wildman–Crippen MR) is 54.6 cm³/mol. The molecule has 0 saturated carbocycles. The van der Waals surface area contributed by atoms with Crippen molar-refractivity contribution in [3.8, 4) is 0 Å².